The fourth-order valence-electron chi connectivity index (χ4n) is 7.98. The van der Waals surface area contributed by atoms with Crippen LogP contribution < -0.4 is 10.4 Å². The third-order valence-electron chi connectivity index (χ3n) is 10.5. The van der Waals surface area contributed by atoms with Crippen molar-refractivity contribution < 1.29 is 0 Å². The normalized spacial score (nSPS) is 14.7. The molecular weight excluding hydrogens is 573 g/mol. The molecular formula is C43H52Si2. The Balaban J connectivity index is 1.41. The predicted molar refractivity (Wildman–Crippen MR) is 205 cm³/mol. The summed E-state index contributed by atoms with van der Waals surface area (Å²) >= 11 is 0. The van der Waals surface area contributed by atoms with Crippen molar-refractivity contribution in [1.29, 1.82) is 0 Å². The quantitative estimate of drug-likeness (QED) is 0.154. The summed E-state index contributed by atoms with van der Waals surface area (Å²) in [4.78, 5) is 0. The van der Waals surface area contributed by atoms with Crippen LogP contribution in [0.1, 0.15) is 61.8 Å². The average molecular weight is 625 g/mol. The number of hydrogen-bond donors (Lipinski definition) is 0. The number of allylic oxidation sites excluding steroid dienone is 2. The minimum absolute atomic E-state index is 0.0967. The molecule has 45 heavy (non-hydrogen) atoms. The molecule has 232 valence electrons. The van der Waals surface area contributed by atoms with E-state index in [9.17, 15) is 0 Å². The van der Waals surface area contributed by atoms with E-state index in [1.54, 1.807) is 11.1 Å². The lowest BCUT2D eigenvalue weighted by molar-refractivity contribution is 0.349. The largest absolute Gasteiger partial charge is 0.0775 e. The lowest BCUT2D eigenvalue weighted by Gasteiger charge is -2.37. The smallest absolute Gasteiger partial charge is 0.0656 e. The Morgan fingerprint density at radius 2 is 0.889 bits per heavy atom. The summed E-state index contributed by atoms with van der Waals surface area (Å²) in [6.07, 6.45) is 12.2. The van der Waals surface area contributed by atoms with E-state index < -0.39 is 16.1 Å². The topological polar surface area (TPSA) is 0 Å². The summed E-state index contributed by atoms with van der Waals surface area (Å²) in [6.45, 7) is 19.4. The van der Waals surface area contributed by atoms with Gasteiger partial charge in [-0.3, -0.25) is 0 Å². The van der Waals surface area contributed by atoms with Gasteiger partial charge in [0.15, 0.2) is 0 Å². The van der Waals surface area contributed by atoms with Crippen molar-refractivity contribution in [1.82, 2.24) is 0 Å². The van der Waals surface area contributed by atoms with Gasteiger partial charge < -0.3 is 0 Å². The minimum atomic E-state index is -1.33. The molecule has 0 bridgehead atoms. The van der Waals surface area contributed by atoms with Gasteiger partial charge in [-0.25, -0.2) is 0 Å². The maximum absolute atomic E-state index is 2.61. The van der Waals surface area contributed by atoms with E-state index >= 15 is 0 Å². The number of benzene rings is 4. The van der Waals surface area contributed by atoms with Crippen LogP contribution in [0.25, 0.3) is 34.4 Å². The summed E-state index contributed by atoms with van der Waals surface area (Å²) in [5.74, 6) is 0. The molecule has 2 aliphatic rings. The van der Waals surface area contributed by atoms with Gasteiger partial charge in [-0.15, -0.1) is 0 Å². The van der Waals surface area contributed by atoms with Crippen molar-refractivity contribution in [2.75, 3.05) is 0 Å². The third-order valence-corrected chi connectivity index (χ3v) is 14.6. The predicted octanol–water partition coefficient (Wildman–Crippen LogP) is 11.3. The standard InChI is InChI=1S/C43H52Si2/c1-9-25-43(26-10-2,35-27-33-13-11-15-39(41(33)29-35)31-17-21-37(22-18-31)44(3,4)5)36-28-34-14-12-16-40(42(34)30-36)32-19-23-38(24-20-32)45(6,7)8/h11-24,29-30H,9-10,25-28H2,1-8H3. The summed E-state index contributed by atoms with van der Waals surface area (Å²) < 4.78 is 0. The lowest BCUT2D eigenvalue weighted by Crippen LogP contribution is -2.37. The van der Waals surface area contributed by atoms with E-state index in [-0.39, 0.29) is 5.41 Å². The van der Waals surface area contributed by atoms with E-state index in [0.29, 0.717) is 0 Å². The molecule has 0 heterocycles. The zero-order chi connectivity index (χ0) is 32.0. The van der Waals surface area contributed by atoms with Gasteiger partial charge in [-0.1, -0.05) is 185 Å². The number of rotatable bonds is 10. The molecule has 2 aliphatic carbocycles. The molecule has 6 rings (SSSR count). The second kappa shape index (κ2) is 12.2. The van der Waals surface area contributed by atoms with Crippen molar-refractivity contribution in [2.45, 2.75) is 91.7 Å². The fourth-order valence-corrected chi connectivity index (χ4v) is 10.3. The average Bonchev–Trinajstić information content (AvgIpc) is 3.65. The first-order valence-electron chi connectivity index (χ1n) is 17.3. The van der Waals surface area contributed by atoms with Crippen LogP contribution in [0, 0.1) is 5.41 Å². The highest BCUT2D eigenvalue weighted by Gasteiger charge is 2.40. The number of hydrogen-bond acceptors (Lipinski definition) is 0. The van der Waals surface area contributed by atoms with Crippen LogP contribution in [-0.2, 0) is 12.8 Å². The monoisotopic (exact) mass is 624 g/mol. The van der Waals surface area contributed by atoms with E-state index in [0.717, 1.165) is 12.8 Å². The van der Waals surface area contributed by atoms with Crippen molar-refractivity contribution in [3.05, 3.63) is 118 Å². The highest BCUT2D eigenvalue weighted by molar-refractivity contribution is 6.89. The molecule has 0 saturated carbocycles. The summed E-state index contributed by atoms with van der Waals surface area (Å²) in [6, 6.07) is 33.0. The van der Waals surface area contributed by atoms with Crippen molar-refractivity contribution >= 4 is 38.7 Å². The van der Waals surface area contributed by atoms with Crippen LogP contribution in [0.2, 0.25) is 39.3 Å². The van der Waals surface area contributed by atoms with Crippen LogP contribution >= 0.6 is 0 Å². The SMILES string of the molecule is CCCC(CCC)(C1=Cc2c(cccc2-c2ccc([Si](C)(C)C)cc2)C1)C1=Cc2c(cccc2-c2ccc([Si](C)(C)C)cc2)C1. The van der Waals surface area contributed by atoms with Gasteiger partial charge in [0.2, 0.25) is 0 Å². The van der Waals surface area contributed by atoms with Crippen LogP contribution in [0.15, 0.2) is 96.1 Å². The van der Waals surface area contributed by atoms with Gasteiger partial charge in [-0.05, 0) is 70.2 Å². The van der Waals surface area contributed by atoms with Crippen molar-refractivity contribution in [2.24, 2.45) is 5.41 Å². The molecule has 0 fully saturated rings. The highest BCUT2D eigenvalue weighted by atomic mass is 28.3. The third kappa shape index (κ3) is 6.04. The molecule has 0 atom stereocenters. The summed E-state index contributed by atoms with van der Waals surface area (Å²) in [7, 11) is -2.65. The summed E-state index contributed by atoms with van der Waals surface area (Å²) in [5.41, 5.74) is 14.7. The molecule has 0 unspecified atom stereocenters. The zero-order valence-electron chi connectivity index (χ0n) is 29.0. The molecule has 0 nitrogen and oxygen atoms in total. The van der Waals surface area contributed by atoms with Gasteiger partial charge >= 0.3 is 0 Å². The maximum atomic E-state index is 2.61. The number of fused-ring (bicyclic) bond motifs is 2. The minimum Gasteiger partial charge on any atom is -0.0656 e. The maximum Gasteiger partial charge on any atom is 0.0775 e. The molecule has 0 spiro atoms. The first kappa shape index (κ1) is 31.8. The summed E-state index contributed by atoms with van der Waals surface area (Å²) in [5, 5.41) is 3.05. The molecule has 2 heteroatoms. The van der Waals surface area contributed by atoms with E-state index in [1.165, 1.54) is 80.6 Å². The van der Waals surface area contributed by atoms with Gasteiger partial charge in [0.1, 0.15) is 0 Å². The van der Waals surface area contributed by atoms with Crippen LogP contribution in [0.4, 0.5) is 0 Å². The molecule has 0 aliphatic heterocycles. The second-order valence-corrected chi connectivity index (χ2v) is 25.8. The van der Waals surface area contributed by atoms with Gasteiger partial charge in [0.25, 0.3) is 0 Å². The van der Waals surface area contributed by atoms with Crippen LogP contribution in [-0.4, -0.2) is 16.1 Å². The molecule has 4 aromatic rings. The molecule has 0 radical (unpaired) electrons. The first-order valence-corrected chi connectivity index (χ1v) is 24.3. The first-order chi connectivity index (χ1) is 21.4. The van der Waals surface area contributed by atoms with Gasteiger partial charge in [-0.2, -0.15) is 0 Å². The van der Waals surface area contributed by atoms with Gasteiger partial charge in [0.05, 0.1) is 16.1 Å². The molecule has 4 aromatic carbocycles. The molecule has 0 N–H and O–H groups in total. The zero-order valence-corrected chi connectivity index (χ0v) is 31.0. The second-order valence-electron chi connectivity index (χ2n) is 15.7. The Kier molecular flexibility index (Phi) is 8.60. The van der Waals surface area contributed by atoms with E-state index in [4.69, 9.17) is 0 Å². The Morgan fingerprint density at radius 3 is 1.22 bits per heavy atom. The van der Waals surface area contributed by atoms with Crippen LogP contribution in [0.3, 0.4) is 0 Å². The van der Waals surface area contributed by atoms with E-state index in [2.05, 4.69) is 150 Å². The van der Waals surface area contributed by atoms with Crippen molar-refractivity contribution in [3.63, 3.8) is 0 Å². The van der Waals surface area contributed by atoms with Crippen LogP contribution in [0.5, 0.6) is 0 Å². The highest BCUT2D eigenvalue weighted by Crippen LogP contribution is 2.53. The Labute approximate surface area is 275 Å². The Morgan fingerprint density at radius 1 is 0.511 bits per heavy atom. The van der Waals surface area contributed by atoms with E-state index in [1.807, 2.05) is 0 Å². The van der Waals surface area contributed by atoms with Crippen molar-refractivity contribution in [3.8, 4) is 22.3 Å². The molecule has 0 saturated heterocycles. The molecule has 0 aromatic heterocycles. The Bertz CT molecular complexity index is 1620. The van der Waals surface area contributed by atoms with Gasteiger partial charge in [0, 0.05) is 5.41 Å². The molecule has 0 amide bonds. The Hall–Kier alpha value is -3.21. The fraction of sp³-hybridized carbons (Fsp3) is 0.349. The lowest BCUT2D eigenvalue weighted by atomic mass is 9.66.